The molecule has 0 aromatic rings. The Labute approximate surface area is 249 Å². The molecule has 11 heteroatoms. The first-order valence-corrected chi connectivity index (χ1v) is 16.7. The van der Waals surface area contributed by atoms with Crippen LogP contribution < -0.4 is 5.32 Å². The van der Waals surface area contributed by atoms with Crippen molar-refractivity contribution in [3.63, 3.8) is 0 Å². The van der Waals surface area contributed by atoms with E-state index in [-0.39, 0.29) is 34.8 Å². The van der Waals surface area contributed by atoms with E-state index < -0.39 is 52.1 Å². The molecule has 226 valence electrons. The van der Waals surface area contributed by atoms with Gasteiger partial charge in [0.25, 0.3) is 0 Å². The minimum atomic E-state index is -2.04. The van der Waals surface area contributed by atoms with Crippen molar-refractivity contribution in [2.75, 3.05) is 17.8 Å². The fourth-order valence-corrected chi connectivity index (χ4v) is 10.1. The number of aliphatic hydroxyl groups excluding tert-OH is 1. The maximum Gasteiger partial charge on any atom is 0.211 e. The number of carbonyl (C=O) groups excluding carboxylic acids is 4. The Morgan fingerprint density at radius 2 is 2.00 bits per heavy atom. The maximum atomic E-state index is 17.5. The summed E-state index contributed by atoms with van der Waals surface area (Å²) in [7, 11) is 0. The van der Waals surface area contributed by atoms with Gasteiger partial charge < -0.3 is 19.9 Å². The van der Waals surface area contributed by atoms with Crippen molar-refractivity contribution in [2.45, 2.75) is 95.1 Å². The number of Topliss-reactive ketones (excluding diaryl/α,β-unsaturated/α-hetero) is 1. The van der Waals surface area contributed by atoms with E-state index in [2.05, 4.69) is 5.32 Å². The smallest absolute Gasteiger partial charge is 0.211 e. The molecule has 0 radical (unpaired) electrons. The van der Waals surface area contributed by atoms with Gasteiger partial charge in [-0.05, 0) is 83.0 Å². The molecule has 5 aliphatic rings. The molecule has 4 fully saturated rings. The van der Waals surface area contributed by atoms with Crippen molar-refractivity contribution in [1.82, 2.24) is 5.32 Å². The van der Waals surface area contributed by atoms with Crippen LogP contribution in [0.25, 0.3) is 0 Å². The number of amides is 1. The Morgan fingerprint density at radius 3 is 2.68 bits per heavy atom. The van der Waals surface area contributed by atoms with Gasteiger partial charge in [0.05, 0.1) is 24.0 Å². The van der Waals surface area contributed by atoms with Gasteiger partial charge in [-0.3, -0.25) is 19.2 Å². The summed E-state index contributed by atoms with van der Waals surface area (Å²) in [6, 6.07) is -0.709. The van der Waals surface area contributed by atoms with Crippen LogP contribution in [-0.4, -0.2) is 81.3 Å². The van der Waals surface area contributed by atoms with Gasteiger partial charge in [0.1, 0.15) is 0 Å². The predicted molar refractivity (Wildman–Crippen MR) is 155 cm³/mol. The standard InChI is InChI=1S/C30H40FNO7S2/c1-26(2)38-24-13-20-19-7-6-17-12-18(34)8-10-27(17,3)29(19,31)22(35)14-28(20,4)30(24,39-26)23(36)15-41-25(37)21(32-16-33)9-11-40-5/h8,10,12,16,19-22,24,35H,6-7,9,11,13-15H2,1-5H3,(H,32,33)/t19-,20-,21?,22-,24+,27-,28-,29?,30+/m0/s1. The summed E-state index contributed by atoms with van der Waals surface area (Å²) in [6.07, 6.45) is 6.56. The molecule has 0 aromatic heterocycles. The average Bonchev–Trinajstić information content (AvgIpc) is 3.32. The van der Waals surface area contributed by atoms with Gasteiger partial charge in [0, 0.05) is 16.7 Å². The third-order valence-electron chi connectivity index (χ3n) is 10.6. The van der Waals surface area contributed by atoms with E-state index in [0.29, 0.717) is 43.4 Å². The third-order valence-corrected chi connectivity index (χ3v) is 12.2. The van der Waals surface area contributed by atoms with E-state index in [4.69, 9.17) is 9.47 Å². The molecule has 3 saturated carbocycles. The van der Waals surface area contributed by atoms with Crippen LogP contribution in [0.4, 0.5) is 4.39 Å². The number of halogens is 1. The summed E-state index contributed by atoms with van der Waals surface area (Å²) in [5.74, 6) is -2.03. The highest BCUT2D eigenvalue weighted by Gasteiger charge is 2.80. The molecule has 1 heterocycles. The second-order valence-corrected chi connectivity index (χ2v) is 15.0. The van der Waals surface area contributed by atoms with Crippen molar-refractivity contribution in [2.24, 2.45) is 22.7 Å². The van der Waals surface area contributed by atoms with E-state index in [0.717, 1.165) is 11.8 Å². The Morgan fingerprint density at radius 1 is 1.27 bits per heavy atom. The van der Waals surface area contributed by atoms with Gasteiger partial charge in [-0.25, -0.2) is 4.39 Å². The lowest BCUT2D eigenvalue weighted by Crippen LogP contribution is -2.69. The van der Waals surface area contributed by atoms with Crippen LogP contribution in [0.2, 0.25) is 0 Å². The largest absolute Gasteiger partial charge is 0.390 e. The number of hydrogen-bond donors (Lipinski definition) is 2. The number of ether oxygens (including phenoxy) is 2. The number of nitrogens with one attached hydrogen (secondary N) is 1. The highest BCUT2D eigenvalue weighted by molar-refractivity contribution is 8.14. The van der Waals surface area contributed by atoms with E-state index in [1.54, 1.807) is 38.6 Å². The molecule has 2 N–H and O–H groups in total. The minimum Gasteiger partial charge on any atom is -0.390 e. The molecule has 0 bridgehead atoms. The van der Waals surface area contributed by atoms with Crippen molar-refractivity contribution in [3.05, 3.63) is 23.8 Å². The zero-order valence-corrected chi connectivity index (χ0v) is 25.9. The van der Waals surface area contributed by atoms with Crippen LogP contribution in [0, 0.1) is 22.7 Å². The second kappa shape index (κ2) is 10.6. The fraction of sp³-hybridized carbons (Fsp3) is 0.733. The highest BCUT2D eigenvalue weighted by atomic mass is 32.2. The number of thioether (sulfide) groups is 2. The zero-order valence-electron chi connectivity index (χ0n) is 24.2. The van der Waals surface area contributed by atoms with Gasteiger partial charge in [-0.1, -0.05) is 30.3 Å². The molecule has 4 aliphatic carbocycles. The van der Waals surface area contributed by atoms with Crippen LogP contribution >= 0.6 is 23.5 Å². The van der Waals surface area contributed by atoms with E-state index >= 15 is 4.39 Å². The monoisotopic (exact) mass is 609 g/mol. The molecule has 2 unspecified atom stereocenters. The number of ketones is 2. The van der Waals surface area contributed by atoms with Crippen molar-refractivity contribution in [1.29, 1.82) is 0 Å². The molecule has 0 aromatic carbocycles. The topological polar surface area (TPSA) is 119 Å². The number of alkyl halides is 1. The van der Waals surface area contributed by atoms with Gasteiger partial charge in [-0.15, -0.1) is 0 Å². The van der Waals surface area contributed by atoms with Gasteiger partial charge in [0.2, 0.25) is 11.5 Å². The molecular weight excluding hydrogens is 569 g/mol. The fourth-order valence-electron chi connectivity index (χ4n) is 8.74. The lowest BCUT2D eigenvalue weighted by Gasteiger charge is -2.62. The minimum absolute atomic E-state index is 0.0291. The lowest BCUT2D eigenvalue weighted by atomic mass is 9.44. The van der Waals surface area contributed by atoms with E-state index in [1.807, 2.05) is 13.2 Å². The van der Waals surface area contributed by atoms with Crippen molar-refractivity contribution in [3.8, 4) is 0 Å². The molecule has 9 atom stereocenters. The Balaban J connectivity index is 1.47. The van der Waals surface area contributed by atoms with E-state index in [9.17, 15) is 24.3 Å². The molecular formula is C30H40FNO7S2. The molecule has 41 heavy (non-hydrogen) atoms. The SMILES string of the molecule is CSCCC(NC=O)C(=O)SCC(=O)[C@@]12OC(C)(C)O[C@@H]1C[C@H]1[C@@H]3CCC4=CC(=O)C=C[C@]4(C)C3(F)[C@@H](O)C[C@@]12C. The van der Waals surface area contributed by atoms with Crippen LogP contribution in [-0.2, 0) is 28.7 Å². The quantitative estimate of drug-likeness (QED) is 0.378. The number of allylic oxidation sites excluding steroid dienone is 4. The Bertz CT molecular complexity index is 1210. The third kappa shape index (κ3) is 4.43. The van der Waals surface area contributed by atoms with E-state index in [1.165, 1.54) is 12.2 Å². The number of fused-ring (bicyclic) bond motifs is 7. The number of rotatable bonds is 9. The van der Waals surface area contributed by atoms with Crippen molar-refractivity contribution < 1.29 is 38.1 Å². The Kier molecular flexibility index (Phi) is 7.97. The van der Waals surface area contributed by atoms with Crippen LogP contribution in [0.3, 0.4) is 0 Å². The highest BCUT2D eigenvalue weighted by Crippen LogP contribution is 2.72. The second-order valence-electron chi connectivity index (χ2n) is 13.0. The summed E-state index contributed by atoms with van der Waals surface area (Å²) in [6.45, 7) is 7.14. The molecule has 5 rings (SSSR count). The first-order chi connectivity index (χ1) is 19.2. The predicted octanol–water partition coefficient (Wildman–Crippen LogP) is 3.55. The summed E-state index contributed by atoms with van der Waals surface area (Å²) < 4.78 is 30.4. The average molecular weight is 610 g/mol. The first kappa shape index (κ1) is 30.9. The molecule has 8 nitrogen and oxygen atoms in total. The van der Waals surface area contributed by atoms with Gasteiger partial charge in [-0.2, -0.15) is 11.8 Å². The lowest BCUT2D eigenvalue weighted by molar-refractivity contribution is -0.245. The number of carbonyl (C=O) groups is 4. The van der Waals surface area contributed by atoms with Crippen LogP contribution in [0.1, 0.15) is 59.8 Å². The van der Waals surface area contributed by atoms with Gasteiger partial charge in [0.15, 0.2) is 28.6 Å². The van der Waals surface area contributed by atoms with Crippen molar-refractivity contribution >= 4 is 46.6 Å². The normalized spacial score (nSPS) is 42.8. The summed E-state index contributed by atoms with van der Waals surface area (Å²) in [5.41, 5.74) is -4.92. The number of aliphatic hydroxyl groups is 1. The molecule has 1 aliphatic heterocycles. The first-order valence-electron chi connectivity index (χ1n) is 14.3. The van der Waals surface area contributed by atoms with Crippen LogP contribution in [0.15, 0.2) is 23.8 Å². The van der Waals surface area contributed by atoms with Gasteiger partial charge >= 0.3 is 0 Å². The molecule has 1 saturated heterocycles. The maximum absolute atomic E-state index is 17.5. The number of hydrogen-bond acceptors (Lipinski definition) is 9. The molecule has 1 amide bonds. The summed E-state index contributed by atoms with van der Waals surface area (Å²) >= 11 is 2.41. The summed E-state index contributed by atoms with van der Waals surface area (Å²) in [5, 5.41) is 13.9. The van der Waals surface area contributed by atoms with Crippen LogP contribution in [0.5, 0.6) is 0 Å². The Hall–Kier alpha value is -1.53. The molecule has 0 spiro atoms. The zero-order chi connectivity index (χ0) is 30.0. The summed E-state index contributed by atoms with van der Waals surface area (Å²) in [4.78, 5) is 50.5.